The van der Waals surface area contributed by atoms with Gasteiger partial charge in [0, 0.05) is 11.6 Å². The first-order valence-electron chi connectivity index (χ1n) is 6.37. The highest BCUT2D eigenvalue weighted by molar-refractivity contribution is 7.90. The van der Waals surface area contributed by atoms with Crippen LogP contribution in [0.2, 0.25) is 0 Å². The summed E-state index contributed by atoms with van der Waals surface area (Å²) in [6, 6.07) is 9.00. The van der Waals surface area contributed by atoms with Crippen LogP contribution >= 0.6 is 0 Å². The molecule has 1 aromatic carbocycles. The molecule has 0 aliphatic carbocycles. The minimum Gasteiger partial charge on any atom is -0.298 e. The average Bonchev–Trinajstić information content (AvgIpc) is 2.99. The van der Waals surface area contributed by atoms with Crippen LogP contribution in [0.4, 0.5) is 5.69 Å². The van der Waals surface area contributed by atoms with E-state index >= 15 is 0 Å². The lowest BCUT2D eigenvalue weighted by atomic mass is 10.2. The Morgan fingerprint density at radius 3 is 2.48 bits per heavy atom. The number of carbonyl (C=O) groups excluding carboxylic acids is 1. The van der Waals surface area contributed by atoms with Crippen LogP contribution in [0.1, 0.15) is 10.4 Å². The van der Waals surface area contributed by atoms with E-state index in [9.17, 15) is 23.3 Å². The molecule has 2 heterocycles. The lowest BCUT2D eigenvalue weighted by Gasteiger charge is -2.07. The molecule has 0 saturated heterocycles. The molecule has 0 spiro atoms. The van der Waals surface area contributed by atoms with Crippen molar-refractivity contribution in [2.75, 3.05) is 0 Å². The Balaban J connectivity index is 2.30. The number of nitrogens with zero attached hydrogens (tertiary/aromatic N) is 3. The molecule has 116 valence electrons. The van der Waals surface area contributed by atoms with Crippen molar-refractivity contribution in [3.63, 3.8) is 0 Å². The molecule has 2 aromatic heterocycles. The lowest BCUT2D eigenvalue weighted by Crippen LogP contribution is -2.12. The molecule has 0 bridgehead atoms. The zero-order chi connectivity index (χ0) is 16.6. The van der Waals surface area contributed by atoms with Crippen LogP contribution in [0.5, 0.6) is 0 Å². The zero-order valence-corrected chi connectivity index (χ0v) is 12.3. The van der Waals surface area contributed by atoms with Crippen molar-refractivity contribution in [2.45, 2.75) is 4.90 Å². The number of hydrogen-bond acceptors (Lipinski definition) is 6. The van der Waals surface area contributed by atoms with Crippen molar-refractivity contribution in [3.8, 4) is 0 Å². The third-order valence-corrected chi connectivity index (χ3v) is 5.00. The highest BCUT2D eigenvalue weighted by atomic mass is 32.2. The fourth-order valence-corrected chi connectivity index (χ4v) is 3.56. The predicted molar refractivity (Wildman–Crippen MR) is 80.8 cm³/mol. The van der Waals surface area contributed by atoms with E-state index in [1.165, 1.54) is 24.4 Å². The fourth-order valence-electron chi connectivity index (χ4n) is 2.24. The van der Waals surface area contributed by atoms with Crippen molar-refractivity contribution < 1.29 is 18.1 Å². The van der Waals surface area contributed by atoms with E-state index in [-0.39, 0.29) is 21.5 Å². The van der Waals surface area contributed by atoms with Gasteiger partial charge in [-0.2, -0.15) is 0 Å². The van der Waals surface area contributed by atoms with Crippen molar-refractivity contribution in [1.82, 2.24) is 8.96 Å². The van der Waals surface area contributed by atoms with Crippen molar-refractivity contribution >= 4 is 33.0 Å². The molecule has 23 heavy (non-hydrogen) atoms. The van der Waals surface area contributed by atoms with Crippen LogP contribution in [0, 0.1) is 10.1 Å². The van der Waals surface area contributed by atoms with Gasteiger partial charge in [0.2, 0.25) is 0 Å². The van der Waals surface area contributed by atoms with Crippen molar-refractivity contribution in [2.24, 2.45) is 0 Å². The molecule has 0 atom stereocenters. The third kappa shape index (κ3) is 2.27. The molecular formula is C14H9N3O5S. The summed E-state index contributed by atoms with van der Waals surface area (Å²) in [5.74, 6) is 0. The van der Waals surface area contributed by atoms with Crippen LogP contribution in [0.3, 0.4) is 0 Å². The SMILES string of the molecule is O=Cc1c([N+](=O)[O-])cnc2c1ccn2S(=O)(=O)c1ccccc1. The monoisotopic (exact) mass is 331 g/mol. The Hall–Kier alpha value is -3.07. The number of pyridine rings is 1. The van der Waals surface area contributed by atoms with E-state index in [0.29, 0.717) is 6.29 Å². The second kappa shape index (κ2) is 5.29. The van der Waals surface area contributed by atoms with E-state index in [1.54, 1.807) is 18.2 Å². The number of aldehydes is 1. The van der Waals surface area contributed by atoms with Gasteiger partial charge in [-0.15, -0.1) is 0 Å². The topological polar surface area (TPSA) is 112 Å². The predicted octanol–water partition coefficient (Wildman–Crippen LogP) is 1.99. The maximum Gasteiger partial charge on any atom is 0.298 e. The number of fused-ring (bicyclic) bond motifs is 1. The van der Waals surface area contributed by atoms with Crippen LogP contribution in [-0.4, -0.2) is 28.6 Å². The summed E-state index contributed by atoms with van der Waals surface area (Å²) in [5, 5.41) is 11.0. The van der Waals surface area contributed by atoms with E-state index in [0.717, 1.165) is 10.2 Å². The molecule has 0 radical (unpaired) electrons. The molecule has 3 aromatic rings. The first kappa shape index (κ1) is 14.9. The zero-order valence-electron chi connectivity index (χ0n) is 11.5. The Labute approximate surface area is 130 Å². The molecule has 0 amide bonds. The second-order valence-corrected chi connectivity index (χ2v) is 6.41. The highest BCUT2D eigenvalue weighted by Gasteiger charge is 2.24. The Bertz CT molecular complexity index is 1030. The number of hydrogen-bond donors (Lipinski definition) is 0. The number of nitro groups is 1. The first-order chi connectivity index (χ1) is 11.0. The number of rotatable bonds is 4. The molecule has 8 nitrogen and oxygen atoms in total. The van der Waals surface area contributed by atoms with Crippen molar-refractivity contribution in [1.29, 1.82) is 0 Å². The van der Waals surface area contributed by atoms with Gasteiger partial charge in [-0.05, 0) is 18.2 Å². The van der Waals surface area contributed by atoms with E-state index in [2.05, 4.69) is 4.98 Å². The maximum absolute atomic E-state index is 12.6. The minimum atomic E-state index is -3.91. The molecular weight excluding hydrogens is 322 g/mol. The molecule has 0 N–H and O–H groups in total. The maximum atomic E-state index is 12.6. The average molecular weight is 331 g/mol. The molecule has 0 aliphatic rings. The quantitative estimate of drug-likeness (QED) is 0.410. The van der Waals surface area contributed by atoms with E-state index in [4.69, 9.17) is 0 Å². The second-order valence-electron chi connectivity index (χ2n) is 4.60. The summed E-state index contributed by atoms with van der Waals surface area (Å²) in [4.78, 5) is 25.3. The third-order valence-electron chi connectivity index (χ3n) is 3.32. The molecule has 0 fully saturated rings. The molecule has 0 saturated carbocycles. The smallest absolute Gasteiger partial charge is 0.298 e. The Kier molecular flexibility index (Phi) is 3.41. The van der Waals surface area contributed by atoms with Gasteiger partial charge in [-0.1, -0.05) is 18.2 Å². The van der Waals surface area contributed by atoms with Crippen LogP contribution < -0.4 is 0 Å². The number of aromatic nitrogens is 2. The molecule has 0 unspecified atom stereocenters. The van der Waals surface area contributed by atoms with Crippen LogP contribution in [0.25, 0.3) is 11.0 Å². The van der Waals surface area contributed by atoms with E-state index in [1.807, 2.05) is 0 Å². The molecule has 0 aliphatic heterocycles. The summed E-state index contributed by atoms with van der Waals surface area (Å²) in [5.41, 5.74) is -0.717. The Morgan fingerprint density at radius 1 is 1.17 bits per heavy atom. The molecule has 9 heteroatoms. The van der Waals surface area contributed by atoms with Crippen LogP contribution in [-0.2, 0) is 10.0 Å². The first-order valence-corrected chi connectivity index (χ1v) is 7.81. The molecule has 3 rings (SSSR count). The van der Waals surface area contributed by atoms with Gasteiger partial charge in [0.1, 0.15) is 11.8 Å². The lowest BCUT2D eigenvalue weighted by molar-refractivity contribution is -0.385. The van der Waals surface area contributed by atoms with Crippen LogP contribution in [0.15, 0.2) is 53.7 Å². The summed E-state index contributed by atoms with van der Waals surface area (Å²) in [6.07, 6.45) is 2.42. The summed E-state index contributed by atoms with van der Waals surface area (Å²) >= 11 is 0. The standard InChI is InChI=1S/C14H9N3O5S/c18-9-12-11-6-7-16(14(11)15-8-13(12)17(19)20)23(21,22)10-4-2-1-3-5-10/h1-9H. The van der Waals surface area contributed by atoms with Gasteiger partial charge < -0.3 is 0 Å². The van der Waals surface area contributed by atoms with Gasteiger partial charge in [0.15, 0.2) is 11.9 Å². The Morgan fingerprint density at radius 2 is 1.87 bits per heavy atom. The highest BCUT2D eigenvalue weighted by Crippen LogP contribution is 2.27. The number of carbonyl (C=O) groups is 1. The van der Waals surface area contributed by atoms with E-state index < -0.39 is 20.6 Å². The fraction of sp³-hybridized carbons (Fsp3) is 0. The minimum absolute atomic E-state index is 0.0402. The van der Waals surface area contributed by atoms with Gasteiger partial charge in [-0.25, -0.2) is 17.4 Å². The summed E-state index contributed by atoms with van der Waals surface area (Å²) in [7, 11) is -3.91. The van der Waals surface area contributed by atoms with Gasteiger partial charge in [0.05, 0.1) is 9.82 Å². The van der Waals surface area contributed by atoms with Gasteiger partial charge in [-0.3, -0.25) is 14.9 Å². The van der Waals surface area contributed by atoms with Gasteiger partial charge in [0.25, 0.3) is 15.7 Å². The van der Waals surface area contributed by atoms with Gasteiger partial charge >= 0.3 is 0 Å². The number of benzene rings is 1. The summed E-state index contributed by atoms with van der Waals surface area (Å²) < 4.78 is 26.2. The summed E-state index contributed by atoms with van der Waals surface area (Å²) in [6.45, 7) is 0. The normalized spacial score (nSPS) is 11.5. The largest absolute Gasteiger partial charge is 0.298 e. The van der Waals surface area contributed by atoms with Crippen molar-refractivity contribution in [3.05, 3.63) is 64.5 Å².